The maximum absolute atomic E-state index is 13.8. The van der Waals surface area contributed by atoms with Crippen molar-refractivity contribution in [2.45, 2.75) is 13.0 Å². The Balaban J connectivity index is 1.75. The van der Waals surface area contributed by atoms with E-state index in [0.29, 0.717) is 22.3 Å². The Labute approximate surface area is 216 Å². The van der Waals surface area contributed by atoms with E-state index in [2.05, 4.69) is 11.4 Å². The van der Waals surface area contributed by atoms with Crippen LogP contribution in [0.4, 0.5) is 10.5 Å². The number of urea groups is 1. The Morgan fingerprint density at radius 2 is 1.37 bits per heavy atom. The van der Waals surface area contributed by atoms with E-state index in [1.165, 1.54) is 0 Å². The lowest BCUT2D eigenvalue weighted by Crippen LogP contribution is -2.39. The fourth-order valence-corrected chi connectivity index (χ4v) is 4.49. The van der Waals surface area contributed by atoms with Gasteiger partial charge >= 0.3 is 6.03 Å². The summed E-state index contributed by atoms with van der Waals surface area (Å²) in [5.41, 5.74) is 4.68. The van der Waals surface area contributed by atoms with E-state index in [4.69, 9.17) is 23.2 Å². The van der Waals surface area contributed by atoms with Crippen molar-refractivity contribution in [1.82, 2.24) is 4.90 Å². The van der Waals surface area contributed by atoms with E-state index in [0.717, 1.165) is 22.3 Å². The van der Waals surface area contributed by atoms with E-state index in [-0.39, 0.29) is 12.1 Å². The Morgan fingerprint density at radius 3 is 1.91 bits per heavy atom. The summed E-state index contributed by atoms with van der Waals surface area (Å²) in [7, 11) is 0. The van der Waals surface area contributed by atoms with Gasteiger partial charge < -0.3 is 10.2 Å². The number of amides is 2. The highest BCUT2D eigenvalue weighted by Gasteiger charge is 2.27. The standard InChI is InChI=1S/C30H26Cl2N2O/c1-22(19-23-11-5-2-6-12-23)21-34(30(35)33-28-18-17-26(31)20-27(28)32)29(24-13-7-3-8-14-24)25-15-9-4-10-16-25/h2-20,29H,21H2,1H3,(H,33,35)/b22-19+. The molecule has 0 saturated heterocycles. The number of anilines is 1. The summed E-state index contributed by atoms with van der Waals surface area (Å²) >= 11 is 12.4. The van der Waals surface area contributed by atoms with Crippen molar-refractivity contribution in [3.05, 3.63) is 142 Å². The second-order valence-electron chi connectivity index (χ2n) is 8.31. The molecule has 4 aromatic rings. The zero-order valence-corrected chi connectivity index (χ0v) is 20.9. The zero-order chi connectivity index (χ0) is 24.6. The first kappa shape index (κ1) is 24.6. The van der Waals surface area contributed by atoms with E-state index in [1.807, 2.05) is 103 Å². The normalized spacial score (nSPS) is 11.4. The van der Waals surface area contributed by atoms with Crippen molar-refractivity contribution in [3.8, 4) is 0 Å². The van der Waals surface area contributed by atoms with Crippen molar-refractivity contribution < 1.29 is 4.79 Å². The molecular weight excluding hydrogens is 475 g/mol. The van der Waals surface area contributed by atoms with Crippen LogP contribution in [0.25, 0.3) is 6.08 Å². The summed E-state index contributed by atoms with van der Waals surface area (Å²) in [5.74, 6) is 0. The number of halogens is 2. The average Bonchev–Trinajstić information content (AvgIpc) is 2.87. The summed E-state index contributed by atoms with van der Waals surface area (Å²) in [4.78, 5) is 15.7. The van der Waals surface area contributed by atoms with Gasteiger partial charge in [-0.15, -0.1) is 0 Å². The highest BCUT2D eigenvalue weighted by Crippen LogP contribution is 2.32. The number of rotatable bonds is 7. The molecule has 0 aliphatic carbocycles. The number of nitrogens with one attached hydrogen (secondary N) is 1. The Kier molecular flexibility index (Phi) is 8.25. The molecule has 4 aromatic carbocycles. The first-order chi connectivity index (χ1) is 17.0. The summed E-state index contributed by atoms with van der Waals surface area (Å²) in [6, 6.07) is 34.7. The van der Waals surface area contributed by atoms with Gasteiger partial charge in [0.1, 0.15) is 0 Å². The van der Waals surface area contributed by atoms with Crippen LogP contribution in [0.1, 0.15) is 29.7 Å². The Morgan fingerprint density at radius 1 is 0.829 bits per heavy atom. The third kappa shape index (κ3) is 6.54. The molecule has 0 atom stereocenters. The van der Waals surface area contributed by atoms with Gasteiger partial charge in [0.15, 0.2) is 0 Å². The van der Waals surface area contributed by atoms with Crippen LogP contribution in [0.5, 0.6) is 0 Å². The number of carbonyl (C=O) groups excluding carboxylic acids is 1. The molecule has 0 bridgehead atoms. The molecule has 1 N–H and O–H groups in total. The summed E-state index contributed by atoms with van der Waals surface area (Å²) in [6.45, 7) is 2.45. The minimum Gasteiger partial charge on any atom is -0.309 e. The Hall–Kier alpha value is -3.53. The maximum atomic E-state index is 13.8. The van der Waals surface area contributed by atoms with Gasteiger partial charge in [-0.2, -0.15) is 0 Å². The first-order valence-electron chi connectivity index (χ1n) is 11.4. The van der Waals surface area contributed by atoms with Crippen molar-refractivity contribution in [2.75, 3.05) is 11.9 Å². The predicted octanol–water partition coefficient (Wildman–Crippen LogP) is 8.72. The van der Waals surface area contributed by atoms with Crippen LogP contribution in [-0.4, -0.2) is 17.5 Å². The molecule has 35 heavy (non-hydrogen) atoms. The zero-order valence-electron chi connectivity index (χ0n) is 19.4. The van der Waals surface area contributed by atoms with Gasteiger partial charge in [-0.05, 0) is 41.8 Å². The van der Waals surface area contributed by atoms with Crippen LogP contribution in [0.2, 0.25) is 10.0 Å². The third-order valence-electron chi connectivity index (χ3n) is 5.61. The van der Waals surface area contributed by atoms with Crippen molar-refractivity contribution in [1.29, 1.82) is 0 Å². The molecule has 0 aliphatic rings. The first-order valence-corrected chi connectivity index (χ1v) is 12.1. The molecule has 3 nitrogen and oxygen atoms in total. The molecule has 2 amide bonds. The van der Waals surface area contributed by atoms with Crippen LogP contribution < -0.4 is 5.32 Å². The maximum Gasteiger partial charge on any atom is 0.322 e. The van der Waals surface area contributed by atoms with Crippen LogP contribution in [0.3, 0.4) is 0 Å². The minimum atomic E-state index is -0.303. The quantitative estimate of drug-likeness (QED) is 0.270. The lowest BCUT2D eigenvalue weighted by molar-refractivity contribution is 0.203. The van der Waals surface area contributed by atoms with Gasteiger partial charge in [0.25, 0.3) is 0 Å². The lowest BCUT2D eigenvalue weighted by atomic mass is 9.96. The number of benzene rings is 4. The molecule has 4 rings (SSSR count). The number of nitrogens with zero attached hydrogens (tertiary/aromatic N) is 1. The van der Waals surface area contributed by atoms with Crippen LogP contribution >= 0.6 is 23.2 Å². The monoisotopic (exact) mass is 500 g/mol. The Bertz CT molecular complexity index is 1250. The summed E-state index contributed by atoms with van der Waals surface area (Å²) < 4.78 is 0. The molecule has 0 fully saturated rings. The molecule has 0 radical (unpaired) electrons. The second-order valence-corrected chi connectivity index (χ2v) is 9.15. The second kappa shape index (κ2) is 11.7. The molecular formula is C30H26Cl2N2O. The molecule has 5 heteroatoms. The van der Waals surface area contributed by atoms with Crippen molar-refractivity contribution >= 4 is 41.0 Å². The van der Waals surface area contributed by atoms with E-state index in [1.54, 1.807) is 18.2 Å². The van der Waals surface area contributed by atoms with Gasteiger partial charge in [0.05, 0.1) is 16.8 Å². The molecule has 0 spiro atoms. The smallest absolute Gasteiger partial charge is 0.309 e. The largest absolute Gasteiger partial charge is 0.322 e. The molecule has 0 aromatic heterocycles. The number of carbonyl (C=O) groups is 1. The van der Waals surface area contributed by atoms with Gasteiger partial charge in [-0.1, -0.05) is 126 Å². The van der Waals surface area contributed by atoms with E-state index < -0.39 is 0 Å². The number of hydrogen-bond acceptors (Lipinski definition) is 1. The highest BCUT2D eigenvalue weighted by molar-refractivity contribution is 6.36. The topological polar surface area (TPSA) is 32.3 Å². The third-order valence-corrected chi connectivity index (χ3v) is 6.16. The molecule has 176 valence electrons. The fourth-order valence-electron chi connectivity index (χ4n) is 4.03. The van der Waals surface area contributed by atoms with Gasteiger partial charge in [0, 0.05) is 11.6 Å². The predicted molar refractivity (Wildman–Crippen MR) is 147 cm³/mol. The molecule has 0 saturated carbocycles. The summed E-state index contributed by atoms with van der Waals surface area (Å²) in [5, 5.41) is 3.90. The van der Waals surface area contributed by atoms with Gasteiger partial charge in [-0.25, -0.2) is 4.79 Å². The van der Waals surface area contributed by atoms with Crippen molar-refractivity contribution in [3.63, 3.8) is 0 Å². The fraction of sp³-hybridized carbons (Fsp3) is 0.100. The molecule has 0 unspecified atom stereocenters. The average molecular weight is 501 g/mol. The SMILES string of the molecule is C/C(=C\c1ccccc1)CN(C(=O)Nc1ccc(Cl)cc1Cl)C(c1ccccc1)c1ccccc1. The van der Waals surface area contributed by atoms with Gasteiger partial charge in [0.2, 0.25) is 0 Å². The van der Waals surface area contributed by atoms with Crippen molar-refractivity contribution in [2.24, 2.45) is 0 Å². The van der Waals surface area contributed by atoms with Crippen LogP contribution in [0.15, 0.2) is 115 Å². The van der Waals surface area contributed by atoms with E-state index in [9.17, 15) is 4.79 Å². The minimum absolute atomic E-state index is 0.257. The lowest BCUT2D eigenvalue weighted by Gasteiger charge is -2.33. The number of hydrogen-bond donors (Lipinski definition) is 1. The molecule has 0 heterocycles. The van der Waals surface area contributed by atoms with E-state index >= 15 is 0 Å². The van der Waals surface area contributed by atoms with Gasteiger partial charge in [-0.3, -0.25) is 0 Å². The summed E-state index contributed by atoms with van der Waals surface area (Å²) in [6.07, 6.45) is 2.10. The molecule has 0 aliphatic heterocycles. The van der Waals surface area contributed by atoms with Crippen LogP contribution in [0, 0.1) is 0 Å². The highest BCUT2D eigenvalue weighted by atomic mass is 35.5. The van der Waals surface area contributed by atoms with Crippen LogP contribution in [-0.2, 0) is 0 Å².